The second kappa shape index (κ2) is 6.99. The number of H-pyrrole nitrogens is 1. The van der Waals surface area contributed by atoms with Crippen molar-refractivity contribution in [1.82, 2.24) is 4.98 Å². The molecule has 26 heavy (non-hydrogen) atoms. The topological polar surface area (TPSA) is 46.0 Å². The van der Waals surface area contributed by atoms with Crippen LogP contribution in [0.25, 0.3) is 17.0 Å². The molecule has 0 saturated carbocycles. The van der Waals surface area contributed by atoms with Gasteiger partial charge in [-0.1, -0.05) is 37.6 Å². The second-order valence-corrected chi connectivity index (χ2v) is 7.23. The Balaban J connectivity index is 1.93. The Morgan fingerprint density at radius 3 is 3.04 bits per heavy atom. The van der Waals surface area contributed by atoms with Crippen LogP contribution in [-0.2, 0) is 6.42 Å². The van der Waals surface area contributed by atoms with Crippen molar-refractivity contribution in [2.75, 3.05) is 0 Å². The maximum absolute atomic E-state index is 12.0. The van der Waals surface area contributed by atoms with Gasteiger partial charge in [-0.3, -0.25) is 0 Å². The Morgan fingerprint density at radius 2 is 2.19 bits per heavy atom. The van der Waals surface area contributed by atoms with Gasteiger partial charge >= 0.3 is 5.63 Å². The van der Waals surface area contributed by atoms with Gasteiger partial charge in [0.05, 0.1) is 0 Å². The SMILES string of the molecule is CCCCc1oc(=O)cc(C)c1C1CC/C=C\c2cccc3[nH]cc1c23. The Hall–Kier alpha value is -2.55. The van der Waals surface area contributed by atoms with Crippen LogP contribution in [0.2, 0.25) is 0 Å². The summed E-state index contributed by atoms with van der Waals surface area (Å²) in [6.07, 6.45) is 11.6. The third-order valence-electron chi connectivity index (χ3n) is 5.45. The molecule has 1 N–H and O–H groups in total. The molecule has 1 aromatic carbocycles. The van der Waals surface area contributed by atoms with E-state index in [0.717, 1.165) is 43.4 Å². The molecule has 2 heterocycles. The zero-order chi connectivity index (χ0) is 18.1. The van der Waals surface area contributed by atoms with E-state index < -0.39 is 0 Å². The first-order valence-corrected chi connectivity index (χ1v) is 9.59. The largest absolute Gasteiger partial charge is 0.428 e. The number of allylic oxidation sites excluding steroid dienone is 1. The van der Waals surface area contributed by atoms with Crippen LogP contribution in [-0.4, -0.2) is 4.98 Å². The Morgan fingerprint density at radius 1 is 1.31 bits per heavy atom. The van der Waals surface area contributed by atoms with Crippen LogP contribution in [0.1, 0.15) is 66.5 Å². The molecule has 0 aliphatic heterocycles. The van der Waals surface area contributed by atoms with Crippen molar-refractivity contribution in [3.05, 3.63) is 75.0 Å². The first-order chi connectivity index (χ1) is 12.7. The van der Waals surface area contributed by atoms with Crippen LogP contribution in [0, 0.1) is 6.92 Å². The molecule has 3 aromatic rings. The van der Waals surface area contributed by atoms with Crippen LogP contribution in [0.5, 0.6) is 0 Å². The summed E-state index contributed by atoms with van der Waals surface area (Å²) in [5, 5.41) is 1.29. The van der Waals surface area contributed by atoms with E-state index >= 15 is 0 Å². The Kier molecular flexibility index (Phi) is 4.54. The maximum Gasteiger partial charge on any atom is 0.336 e. The second-order valence-electron chi connectivity index (χ2n) is 7.23. The lowest BCUT2D eigenvalue weighted by Crippen LogP contribution is -2.12. The Labute approximate surface area is 153 Å². The molecule has 134 valence electrons. The summed E-state index contributed by atoms with van der Waals surface area (Å²) < 4.78 is 5.69. The van der Waals surface area contributed by atoms with Crippen molar-refractivity contribution in [2.24, 2.45) is 0 Å². The minimum absolute atomic E-state index is 0.234. The molecule has 1 aliphatic carbocycles. The molecule has 3 heteroatoms. The minimum Gasteiger partial charge on any atom is -0.428 e. The highest BCUT2D eigenvalue weighted by Crippen LogP contribution is 2.40. The standard InChI is InChI=1S/C23H25NO2/c1-3-4-12-20-22(15(2)13-21(25)26-20)17-10-6-5-8-16-9-7-11-19-23(16)18(17)14-24-19/h5,7-9,11,13-14,17,24H,3-4,6,10,12H2,1-2H3/b8-5-. The monoisotopic (exact) mass is 347 g/mol. The summed E-state index contributed by atoms with van der Waals surface area (Å²) in [5.74, 6) is 1.12. The molecule has 0 fully saturated rings. The molecular formula is C23H25NO2. The fourth-order valence-corrected chi connectivity index (χ4v) is 4.26. The number of nitrogens with one attached hydrogen (secondary N) is 1. The van der Waals surface area contributed by atoms with Crippen molar-refractivity contribution in [3.8, 4) is 0 Å². The molecule has 1 atom stereocenters. The van der Waals surface area contributed by atoms with Gasteiger partial charge in [0.25, 0.3) is 0 Å². The van der Waals surface area contributed by atoms with Gasteiger partial charge in [0.1, 0.15) is 5.76 Å². The van der Waals surface area contributed by atoms with E-state index in [4.69, 9.17) is 4.42 Å². The molecule has 0 saturated heterocycles. The van der Waals surface area contributed by atoms with Gasteiger partial charge in [0.2, 0.25) is 0 Å². The zero-order valence-corrected chi connectivity index (χ0v) is 15.5. The fraction of sp³-hybridized carbons (Fsp3) is 0.348. The molecule has 1 unspecified atom stereocenters. The summed E-state index contributed by atoms with van der Waals surface area (Å²) in [7, 11) is 0. The molecule has 0 amide bonds. The quantitative estimate of drug-likeness (QED) is 0.657. The summed E-state index contributed by atoms with van der Waals surface area (Å²) in [4.78, 5) is 15.4. The predicted molar refractivity (Wildman–Crippen MR) is 107 cm³/mol. The lowest BCUT2D eigenvalue weighted by molar-refractivity contribution is 0.438. The van der Waals surface area contributed by atoms with Crippen molar-refractivity contribution >= 4 is 17.0 Å². The van der Waals surface area contributed by atoms with Crippen LogP contribution in [0.15, 0.2) is 45.8 Å². The van der Waals surface area contributed by atoms with Crippen LogP contribution >= 0.6 is 0 Å². The number of aromatic amines is 1. The molecule has 4 rings (SSSR count). The molecular weight excluding hydrogens is 322 g/mol. The van der Waals surface area contributed by atoms with E-state index in [-0.39, 0.29) is 11.5 Å². The first-order valence-electron chi connectivity index (χ1n) is 9.59. The molecule has 0 spiro atoms. The zero-order valence-electron chi connectivity index (χ0n) is 15.5. The molecule has 1 aliphatic rings. The molecule has 0 bridgehead atoms. The van der Waals surface area contributed by atoms with Crippen molar-refractivity contribution in [2.45, 2.75) is 51.9 Å². The highest BCUT2D eigenvalue weighted by Gasteiger charge is 2.25. The van der Waals surface area contributed by atoms with Gasteiger partial charge in [0.15, 0.2) is 0 Å². The van der Waals surface area contributed by atoms with E-state index in [9.17, 15) is 4.79 Å². The number of rotatable bonds is 4. The van der Waals surface area contributed by atoms with Crippen LogP contribution in [0.3, 0.4) is 0 Å². The number of aryl methyl sites for hydroxylation is 2. The Bertz CT molecular complexity index is 1020. The summed E-state index contributed by atoms with van der Waals surface area (Å²) in [6.45, 7) is 4.21. The summed E-state index contributed by atoms with van der Waals surface area (Å²) >= 11 is 0. The average Bonchev–Trinajstić information content (AvgIpc) is 3.03. The lowest BCUT2D eigenvalue weighted by Gasteiger charge is -2.22. The number of hydrogen-bond donors (Lipinski definition) is 1. The van der Waals surface area contributed by atoms with Gasteiger partial charge in [-0.05, 0) is 48.9 Å². The van der Waals surface area contributed by atoms with Crippen molar-refractivity contribution in [3.63, 3.8) is 0 Å². The number of benzene rings is 1. The van der Waals surface area contributed by atoms with Crippen LogP contribution in [0.4, 0.5) is 0 Å². The highest BCUT2D eigenvalue weighted by molar-refractivity contribution is 5.92. The van der Waals surface area contributed by atoms with Gasteiger partial charge < -0.3 is 9.40 Å². The third-order valence-corrected chi connectivity index (χ3v) is 5.45. The third kappa shape index (κ3) is 2.92. The van der Waals surface area contributed by atoms with Gasteiger partial charge in [-0.15, -0.1) is 0 Å². The molecule has 3 nitrogen and oxygen atoms in total. The van der Waals surface area contributed by atoms with Crippen molar-refractivity contribution < 1.29 is 4.42 Å². The fourth-order valence-electron chi connectivity index (χ4n) is 4.26. The highest BCUT2D eigenvalue weighted by atomic mass is 16.4. The van der Waals surface area contributed by atoms with E-state index in [2.05, 4.69) is 48.5 Å². The smallest absolute Gasteiger partial charge is 0.336 e. The van der Waals surface area contributed by atoms with E-state index in [1.807, 2.05) is 6.92 Å². The summed E-state index contributed by atoms with van der Waals surface area (Å²) in [6, 6.07) is 8.05. The number of unbranched alkanes of at least 4 members (excludes halogenated alkanes) is 1. The lowest BCUT2D eigenvalue weighted by atomic mass is 9.82. The maximum atomic E-state index is 12.0. The number of aromatic nitrogens is 1. The van der Waals surface area contributed by atoms with Gasteiger partial charge in [0, 0.05) is 41.1 Å². The molecule has 2 aromatic heterocycles. The average molecular weight is 347 g/mol. The number of hydrogen-bond acceptors (Lipinski definition) is 2. The minimum atomic E-state index is -0.234. The summed E-state index contributed by atoms with van der Waals surface area (Å²) in [5.41, 5.74) is 5.77. The van der Waals surface area contributed by atoms with E-state index in [0.29, 0.717) is 0 Å². The van der Waals surface area contributed by atoms with Crippen molar-refractivity contribution in [1.29, 1.82) is 0 Å². The van der Waals surface area contributed by atoms with Gasteiger partial charge in [-0.2, -0.15) is 0 Å². The van der Waals surface area contributed by atoms with Gasteiger partial charge in [-0.25, -0.2) is 4.79 Å². The first kappa shape index (κ1) is 16.9. The molecule has 0 radical (unpaired) electrons. The predicted octanol–water partition coefficient (Wildman–Crippen LogP) is 5.71. The van der Waals surface area contributed by atoms with Crippen LogP contribution < -0.4 is 5.63 Å². The van der Waals surface area contributed by atoms with E-state index in [1.165, 1.54) is 27.6 Å². The van der Waals surface area contributed by atoms with E-state index in [1.54, 1.807) is 6.07 Å². The normalized spacial score (nSPS) is 17.8.